The highest BCUT2D eigenvalue weighted by Gasteiger charge is 2.47. The van der Waals surface area contributed by atoms with Crippen LogP contribution in [-0.4, -0.2) is 35.3 Å². The van der Waals surface area contributed by atoms with E-state index in [2.05, 4.69) is 5.32 Å². The average molecular weight is 389 g/mol. The predicted molar refractivity (Wildman–Crippen MR) is 107 cm³/mol. The molecule has 2 saturated carbocycles. The Hall–Kier alpha value is -1.55. The van der Waals surface area contributed by atoms with E-state index in [1.165, 1.54) is 32.1 Å². The van der Waals surface area contributed by atoms with E-state index in [0.29, 0.717) is 22.4 Å². The minimum atomic E-state index is -0.342. The first-order valence-corrected chi connectivity index (χ1v) is 10.9. The third kappa shape index (κ3) is 4.01. The molecular formula is C22H29ClN2O2. The fourth-order valence-corrected chi connectivity index (χ4v) is 5.52. The number of nitrogens with zero attached hydrogens (tertiary/aromatic N) is 1. The van der Waals surface area contributed by atoms with Gasteiger partial charge in [-0.1, -0.05) is 43.4 Å². The molecule has 0 radical (unpaired) electrons. The van der Waals surface area contributed by atoms with Crippen LogP contribution in [0.5, 0.6) is 0 Å². The van der Waals surface area contributed by atoms with Crippen molar-refractivity contribution in [3.05, 3.63) is 34.9 Å². The molecule has 0 unspecified atom stereocenters. The van der Waals surface area contributed by atoms with Crippen molar-refractivity contribution in [2.75, 3.05) is 6.54 Å². The van der Waals surface area contributed by atoms with Gasteiger partial charge in [-0.2, -0.15) is 0 Å². The Labute approximate surface area is 166 Å². The number of hydrogen-bond acceptors (Lipinski definition) is 2. The number of benzene rings is 1. The maximum atomic E-state index is 13.3. The van der Waals surface area contributed by atoms with Gasteiger partial charge in [0.1, 0.15) is 6.04 Å². The lowest BCUT2D eigenvalue weighted by Gasteiger charge is -2.33. The second-order valence-corrected chi connectivity index (χ2v) is 8.92. The van der Waals surface area contributed by atoms with Gasteiger partial charge in [0.25, 0.3) is 5.91 Å². The van der Waals surface area contributed by atoms with Gasteiger partial charge in [-0.15, -0.1) is 0 Å². The van der Waals surface area contributed by atoms with Gasteiger partial charge in [-0.25, -0.2) is 0 Å². The molecule has 1 aliphatic heterocycles. The van der Waals surface area contributed by atoms with Crippen molar-refractivity contribution in [3.8, 4) is 0 Å². The molecule has 1 N–H and O–H groups in total. The van der Waals surface area contributed by atoms with E-state index in [1.807, 2.05) is 4.90 Å². The molecular weight excluding hydrogens is 360 g/mol. The molecule has 1 aromatic carbocycles. The summed E-state index contributed by atoms with van der Waals surface area (Å²) in [4.78, 5) is 28.2. The number of halogens is 1. The highest BCUT2D eigenvalue weighted by atomic mass is 35.5. The SMILES string of the molecule is O=C(NCC1CCCC1)[C@@H]1C[C@@H]2CCCC[C@H]2N1C(=O)c1cccc(Cl)c1. The second-order valence-electron chi connectivity index (χ2n) is 8.48. The quantitative estimate of drug-likeness (QED) is 0.829. The Balaban J connectivity index is 1.52. The Kier molecular flexibility index (Phi) is 5.72. The van der Waals surface area contributed by atoms with E-state index in [4.69, 9.17) is 11.6 Å². The molecule has 2 amide bonds. The number of nitrogens with one attached hydrogen (secondary N) is 1. The first-order chi connectivity index (χ1) is 13.1. The Morgan fingerprint density at radius 3 is 2.59 bits per heavy atom. The van der Waals surface area contributed by atoms with Gasteiger partial charge in [0.15, 0.2) is 0 Å². The minimum Gasteiger partial charge on any atom is -0.354 e. The summed E-state index contributed by atoms with van der Waals surface area (Å²) in [5, 5.41) is 3.72. The first kappa shape index (κ1) is 18.8. The molecule has 146 valence electrons. The number of carbonyl (C=O) groups is 2. The van der Waals surface area contributed by atoms with Crippen molar-refractivity contribution in [2.24, 2.45) is 11.8 Å². The molecule has 0 aromatic heterocycles. The lowest BCUT2D eigenvalue weighted by Crippen LogP contribution is -2.50. The van der Waals surface area contributed by atoms with Crippen LogP contribution in [0.15, 0.2) is 24.3 Å². The molecule has 27 heavy (non-hydrogen) atoms. The number of hydrogen-bond donors (Lipinski definition) is 1. The summed E-state index contributed by atoms with van der Waals surface area (Å²) in [5.41, 5.74) is 0.585. The first-order valence-electron chi connectivity index (χ1n) is 10.5. The van der Waals surface area contributed by atoms with E-state index in [1.54, 1.807) is 24.3 Å². The van der Waals surface area contributed by atoms with Crippen LogP contribution in [0.25, 0.3) is 0 Å². The van der Waals surface area contributed by atoms with Crippen LogP contribution in [0.4, 0.5) is 0 Å². The van der Waals surface area contributed by atoms with E-state index >= 15 is 0 Å². The fourth-order valence-electron chi connectivity index (χ4n) is 5.33. The smallest absolute Gasteiger partial charge is 0.254 e. The average Bonchev–Trinajstić information content (AvgIpc) is 3.33. The Bertz CT molecular complexity index is 701. The van der Waals surface area contributed by atoms with Crippen molar-refractivity contribution in [3.63, 3.8) is 0 Å². The monoisotopic (exact) mass is 388 g/mol. The number of carbonyl (C=O) groups excluding carboxylic acids is 2. The maximum absolute atomic E-state index is 13.3. The van der Waals surface area contributed by atoms with Gasteiger partial charge >= 0.3 is 0 Å². The van der Waals surface area contributed by atoms with E-state index < -0.39 is 0 Å². The highest BCUT2D eigenvalue weighted by Crippen LogP contribution is 2.40. The summed E-state index contributed by atoms with van der Waals surface area (Å²) in [7, 11) is 0. The molecule has 1 heterocycles. The lowest BCUT2D eigenvalue weighted by atomic mass is 9.84. The molecule has 3 atom stereocenters. The van der Waals surface area contributed by atoms with Crippen LogP contribution in [0, 0.1) is 11.8 Å². The largest absolute Gasteiger partial charge is 0.354 e. The lowest BCUT2D eigenvalue weighted by molar-refractivity contribution is -0.125. The van der Waals surface area contributed by atoms with Gasteiger partial charge in [0.2, 0.25) is 5.91 Å². The molecule has 3 fully saturated rings. The number of fused-ring (bicyclic) bond motifs is 1. The summed E-state index contributed by atoms with van der Waals surface area (Å²) < 4.78 is 0. The van der Waals surface area contributed by atoms with Crippen LogP contribution in [-0.2, 0) is 4.79 Å². The van der Waals surface area contributed by atoms with Crippen LogP contribution in [0.1, 0.15) is 68.1 Å². The molecule has 2 aliphatic carbocycles. The van der Waals surface area contributed by atoms with Crippen molar-refractivity contribution in [1.82, 2.24) is 10.2 Å². The van der Waals surface area contributed by atoms with E-state index in [-0.39, 0.29) is 23.9 Å². The van der Waals surface area contributed by atoms with Gasteiger partial charge in [0.05, 0.1) is 0 Å². The van der Waals surface area contributed by atoms with Gasteiger partial charge < -0.3 is 10.2 Å². The van der Waals surface area contributed by atoms with Crippen molar-refractivity contribution >= 4 is 23.4 Å². The summed E-state index contributed by atoms with van der Waals surface area (Å²) in [6, 6.07) is 6.95. The molecule has 0 spiro atoms. The zero-order chi connectivity index (χ0) is 18.8. The topological polar surface area (TPSA) is 49.4 Å². The number of rotatable bonds is 4. The molecule has 1 saturated heterocycles. The predicted octanol–water partition coefficient (Wildman–Crippen LogP) is 4.42. The highest BCUT2D eigenvalue weighted by molar-refractivity contribution is 6.31. The van der Waals surface area contributed by atoms with Crippen LogP contribution >= 0.6 is 11.6 Å². The Morgan fingerprint density at radius 2 is 1.81 bits per heavy atom. The summed E-state index contributed by atoms with van der Waals surface area (Å²) >= 11 is 6.10. The molecule has 3 aliphatic rings. The number of amides is 2. The summed E-state index contributed by atoms with van der Waals surface area (Å²) in [6.07, 6.45) is 10.2. The van der Waals surface area contributed by atoms with Gasteiger partial charge in [0, 0.05) is 23.2 Å². The third-order valence-electron chi connectivity index (χ3n) is 6.74. The van der Waals surface area contributed by atoms with Crippen molar-refractivity contribution in [1.29, 1.82) is 0 Å². The molecule has 5 heteroatoms. The van der Waals surface area contributed by atoms with E-state index in [0.717, 1.165) is 32.2 Å². The van der Waals surface area contributed by atoms with E-state index in [9.17, 15) is 9.59 Å². The minimum absolute atomic E-state index is 0.0340. The van der Waals surface area contributed by atoms with Crippen molar-refractivity contribution < 1.29 is 9.59 Å². The maximum Gasteiger partial charge on any atom is 0.254 e. The molecule has 0 bridgehead atoms. The summed E-state index contributed by atoms with van der Waals surface area (Å²) in [5.74, 6) is 1.04. The zero-order valence-electron chi connectivity index (χ0n) is 15.8. The second kappa shape index (κ2) is 8.22. The standard InChI is InChI=1S/C22H29ClN2O2/c23-18-10-5-9-17(12-18)22(27)25-19-11-4-3-8-16(19)13-20(25)21(26)24-14-15-6-1-2-7-15/h5,9-10,12,15-16,19-20H,1-4,6-8,11,13-14H2,(H,24,26)/t16-,19+,20-/m0/s1. The number of likely N-dealkylation sites (tertiary alicyclic amines) is 1. The summed E-state index contributed by atoms with van der Waals surface area (Å²) in [6.45, 7) is 0.754. The third-order valence-corrected chi connectivity index (χ3v) is 6.97. The molecule has 4 rings (SSSR count). The van der Waals surface area contributed by atoms with Gasteiger partial charge in [-0.05, 0) is 62.1 Å². The normalized spacial score (nSPS) is 28.2. The Morgan fingerprint density at radius 1 is 1.07 bits per heavy atom. The van der Waals surface area contributed by atoms with Crippen LogP contribution < -0.4 is 5.32 Å². The van der Waals surface area contributed by atoms with Crippen LogP contribution in [0.2, 0.25) is 5.02 Å². The van der Waals surface area contributed by atoms with Crippen LogP contribution in [0.3, 0.4) is 0 Å². The fraction of sp³-hybridized carbons (Fsp3) is 0.636. The van der Waals surface area contributed by atoms with Gasteiger partial charge in [-0.3, -0.25) is 9.59 Å². The molecule has 4 nitrogen and oxygen atoms in total. The molecule has 1 aromatic rings. The zero-order valence-corrected chi connectivity index (χ0v) is 16.6. The van der Waals surface area contributed by atoms with Crippen molar-refractivity contribution in [2.45, 2.75) is 69.9 Å².